The van der Waals surface area contributed by atoms with Gasteiger partial charge >= 0.3 is 5.97 Å². The van der Waals surface area contributed by atoms with E-state index in [1.165, 1.54) is 0 Å². The highest BCUT2D eigenvalue weighted by atomic mass is 16.6. The summed E-state index contributed by atoms with van der Waals surface area (Å²) in [6, 6.07) is 0. The molecule has 4 N–H and O–H groups in total. The zero-order valence-corrected chi connectivity index (χ0v) is 12.8. The zero-order chi connectivity index (χ0) is 16.3. The molecule has 0 aromatic rings. The summed E-state index contributed by atoms with van der Waals surface area (Å²) in [4.78, 5) is 11.8. The summed E-state index contributed by atoms with van der Waals surface area (Å²) in [5, 5.41) is 40.1. The van der Waals surface area contributed by atoms with E-state index in [0.29, 0.717) is 19.3 Å². The first-order chi connectivity index (χ1) is 10.4. The lowest BCUT2D eigenvalue weighted by atomic mass is 9.86. The van der Waals surface area contributed by atoms with Gasteiger partial charge in [-0.05, 0) is 50.9 Å². The molecule has 0 aromatic carbocycles. The van der Waals surface area contributed by atoms with Gasteiger partial charge in [-0.3, -0.25) is 0 Å². The summed E-state index contributed by atoms with van der Waals surface area (Å²) >= 11 is 0. The van der Waals surface area contributed by atoms with Gasteiger partial charge in [0.2, 0.25) is 0 Å². The van der Waals surface area contributed by atoms with Crippen LogP contribution < -0.4 is 0 Å². The Kier molecular flexibility index (Phi) is 5.97. The predicted octanol–water partition coefficient (Wildman–Crippen LogP) is 0.128. The first kappa shape index (κ1) is 17.4. The number of carbonyl (C=O) groups excluding carboxylic acids is 1. The van der Waals surface area contributed by atoms with Crippen molar-refractivity contribution in [2.75, 3.05) is 0 Å². The highest BCUT2D eigenvalue weighted by Crippen LogP contribution is 2.37. The fourth-order valence-electron chi connectivity index (χ4n) is 3.39. The third-order valence-corrected chi connectivity index (χ3v) is 4.67. The van der Waals surface area contributed by atoms with Gasteiger partial charge in [0.15, 0.2) is 6.10 Å². The molecule has 1 heterocycles. The van der Waals surface area contributed by atoms with Crippen LogP contribution in [0.15, 0.2) is 12.2 Å². The minimum atomic E-state index is -1.78. The Hall–Kier alpha value is -0.950. The monoisotopic (exact) mass is 314 g/mol. The maximum Gasteiger partial charge on any atom is 0.338 e. The number of aliphatic hydroxyl groups excluding tert-OH is 4. The van der Waals surface area contributed by atoms with E-state index in [1.807, 2.05) is 12.2 Å². The van der Waals surface area contributed by atoms with Crippen molar-refractivity contribution in [3.63, 3.8) is 0 Å². The summed E-state index contributed by atoms with van der Waals surface area (Å²) in [6.07, 6.45) is 1.59. The Bertz CT molecular complexity index is 409. The highest BCUT2D eigenvalue weighted by Gasteiger charge is 2.43. The molecule has 1 aliphatic heterocycles. The van der Waals surface area contributed by atoms with Crippen LogP contribution in [0.5, 0.6) is 0 Å². The number of fused-ring (bicyclic) bond motifs is 1. The number of cyclic esters (lactones) is 1. The van der Waals surface area contributed by atoms with Crippen LogP contribution in [0.2, 0.25) is 0 Å². The predicted molar refractivity (Wildman–Crippen MR) is 78.8 cm³/mol. The van der Waals surface area contributed by atoms with Gasteiger partial charge in [-0.2, -0.15) is 0 Å². The largest absolute Gasteiger partial charge is 0.461 e. The van der Waals surface area contributed by atoms with Gasteiger partial charge < -0.3 is 25.2 Å². The second-order valence-electron chi connectivity index (χ2n) is 6.49. The summed E-state index contributed by atoms with van der Waals surface area (Å²) in [7, 11) is 0. The number of carbonyl (C=O) groups is 1. The number of rotatable bonds is 0. The molecule has 1 fully saturated rings. The van der Waals surface area contributed by atoms with Crippen molar-refractivity contribution in [3.8, 4) is 0 Å². The molecular weight excluding hydrogens is 288 g/mol. The van der Waals surface area contributed by atoms with E-state index in [1.54, 1.807) is 6.92 Å². The van der Waals surface area contributed by atoms with Gasteiger partial charge in [0.05, 0.1) is 18.3 Å². The summed E-state index contributed by atoms with van der Waals surface area (Å²) in [6.45, 7) is 1.74. The van der Waals surface area contributed by atoms with Crippen LogP contribution >= 0.6 is 0 Å². The Balaban J connectivity index is 2.18. The molecule has 0 bridgehead atoms. The van der Waals surface area contributed by atoms with E-state index >= 15 is 0 Å². The molecule has 0 spiro atoms. The molecular formula is C16H26O6. The van der Waals surface area contributed by atoms with Crippen LogP contribution in [-0.4, -0.2) is 56.9 Å². The average molecular weight is 314 g/mol. The minimum Gasteiger partial charge on any atom is -0.461 e. The molecule has 0 saturated heterocycles. The molecule has 7 atom stereocenters. The average Bonchev–Trinajstić information content (AvgIpc) is 2.84. The Morgan fingerprint density at radius 2 is 1.86 bits per heavy atom. The number of esters is 1. The van der Waals surface area contributed by atoms with Crippen LogP contribution in [0.1, 0.15) is 39.0 Å². The molecule has 2 aliphatic rings. The lowest BCUT2D eigenvalue weighted by molar-refractivity contribution is -0.171. The van der Waals surface area contributed by atoms with Crippen molar-refractivity contribution in [2.24, 2.45) is 11.8 Å². The van der Waals surface area contributed by atoms with Crippen molar-refractivity contribution in [2.45, 2.75) is 69.5 Å². The lowest BCUT2D eigenvalue weighted by Crippen LogP contribution is -2.47. The first-order valence-corrected chi connectivity index (χ1v) is 7.99. The summed E-state index contributed by atoms with van der Waals surface area (Å²) in [5.41, 5.74) is 0. The van der Waals surface area contributed by atoms with E-state index in [9.17, 15) is 25.2 Å². The SMILES string of the molecule is CC1CCC/C=C\C2CC(O)CC2C(O)C(O)C(O)C(=O)O1. The van der Waals surface area contributed by atoms with Gasteiger partial charge in [0, 0.05) is 0 Å². The maximum absolute atomic E-state index is 11.8. The number of hydrogen-bond donors (Lipinski definition) is 4. The van der Waals surface area contributed by atoms with E-state index in [4.69, 9.17) is 4.74 Å². The van der Waals surface area contributed by atoms with Gasteiger partial charge in [-0.15, -0.1) is 0 Å². The summed E-state index contributed by atoms with van der Waals surface area (Å²) < 4.78 is 5.09. The Morgan fingerprint density at radius 1 is 1.14 bits per heavy atom. The normalized spacial score (nSPS) is 45.9. The molecule has 6 nitrogen and oxygen atoms in total. The van der Waals surface area contributed by atoms with E-state index in [2.05, 4.69) is 0 Å². The number of allylic oxidation sites excluding steroid dienone is 2. The molecule has 0 amide bonds. The van der Waals surface area contributed by atoms with Crippen molar-refractivity contribution in [1.29, 1.82) is 0 Å². The zero-order valence-electron chi connectivity index (χ0n) is 12.8. The third kappa shape index (κ3) is 4.07. The number of hydrogen-bond acceptors (Lipinski definition) is 6. The first-order valence-electron chi connectivity index (χ1n) is 7.99. The summed E-state index contributed by atoms with van der Waals surface area (Å²) in [5.74, 6) is -1.37. The van der Waals surface area contributed by atoms with Crippen LogP contribution in [-0.2, 0) is 9.53 Å². The quantitative estimate of drug-likeness (QED) is 0.374. The molecule has 7 unspecified atom stereocenters. The second kappa shape index (κ2) is 7.55. The van der Waals surface area contributed by atoms with Gasteiger partial charge in [0.25, 0.3) is 0 Å². The molecule has 126 valence electrons. The second-order valence-corrected chi connectivity index (χ2v) is 6.49. The van der Waals surface area contributed by atoms with Crippen LogP contribution in [0, 0.1) is 11.8 Å². The standard InChI is InChI=1S/C16H26O6/c1-9-5-3-2-4-6-10-7-11(17)8-12(10)13(18)14(19)15(20)16(21)22-9/h4,6,9-15,17-20H,2-3,5,7-8H2,1H3/b6-4-. The van der Waals surface area contributed by atoms with E-state index in [-0.39, 0.29) is 17.9 Å². The fourth-order valence-corrected chi connectivity index (χ4v) is 3.39. The smallest absolute Gasteiger partial charge is 0.338 e. The molecule has 2 rings (SSSR count). The molecule has 22 heavy (non-hydrogen) atoms. The van der Waals surface area contributed by atoms with E-state index < -0.39 is 30.4 Å². The third-order valence-electron chi connectivity index (χ3n) is 4.67. The molecule has 0 radical (unpaired) electrons. The van der Waals surface area contributed by atoms with Crippen LogP contribution in [0.3, 0.4) is 0 Å². The van der Waals surface area contributed by atoms with Gasteiger partial charge in [0.1, 0.15) is 6.10 Å². The topological polar surface area (TPSA) is 107 Å². The number of ether oxygens (including phenoxy) is 1. The highest BCUT2D eigenvalue weighted by molar-refractivity contribution is 5.75. The van der Waals surface area contributed by atoms with E-state index in [0.717, 1.165) is 12.8 Å². The van der Waals surface area contributed by atoms with Crippen molar-refractivity contribution < 1.29 is 30.0 Å². The fraction of sp³-hybridized carbons (Fsp3) is 0.812. The van der Waals surface area contributed by atoms with Crippen molar-refractivity contribution >= 4 is 5.97 Å². The van der Waals surface area contributed by atoms with Crippen LogP contribution in [0.4, 0.5) is 0 Å². The Labute approximate surface area is 130 Å². The molecule has 0 aromatic heterocycles. The van der Waals surface area contributed by atoms with Gasteiger partial charge in [-0.1, -0.05) is 12.2 Å². The Morgan fingerprint density at radius 3 is 2.59 bits per heavy atom. The van der Waals surface area contributed by atoms with Crippen molar-refractivity contribution in [1.82, 2.24) is 0 Å². The minimum absolute atomic E-state index is 0.0685. The lowest BCUT2D eigenvalue weighted by Gasteiger charge is -2.29. The van der Waals surface area contributed by atoms with Gasteiger partial charge in [-0.25, -0.2) is 4.79 Å². The van der Waals surface area contributed by atoms with Crippen molar-refractivity contribution in [3.05, 3.63) is 12.2 Å². The van der Waals surface area contributed by atoms with Crippen LogP contribution in [0.25, 0.3) is 0 Å². The maximum atomic E-state index is 11.8. The molecule has 1 aliphatic carbocycles. The number of aliphatic hydroxyl groups is 4. The molecule has 1 saturated carbocycles. The molecule has 6 heteroatoms.